The molecule has 0 atom stereocenters. The number of carbonyl (C=O) groups excluding carboxylic acids is 1. The molecular weight excluding hydrogens is 1160 g/mol. The molecule has 43 heavy (non-hydrogen) atoms. The van der Waals surface area contributed by atoms with Crippen molar-refractivity contribution in [2.24, 2.45) is 33.6 Å². The zero-order valence-electron chi connectivity index (χ0n) is 25.4. The van der Waals surface area contributed by atoms with E-state index in [9.17, 15) is 4.79 Å². The summed E-state index contributed by atoms with van der Waals surface area (Å²) in [6.45, 7) is 11.7. The van der Waals surface area contributed by atoms with Crippen LogP contribution in [0.1, 0.15) is 57.9 Å². The Bertz CT molecular complexity index is 1080. The first-order valence-electron chi connectivity index (χ1n) is 11.9. The summed E-state index contributed by atoms with van der Waals surface area (Å²) in [4.78, 5) is 10.0. The Morgan fingerprint density at radius 3 is 1.37 bits per heavy atom. The van der Waals surface area contributed by atoms with E-state index in [1.807, 2.05) is 82.3 Å². The molecule has 0 fully saturated rings. The number of fused-ring (bicyclic) bond motifs is 2. The largest absolute Gasteiger partial charge is 0 e. The van der Waals surface area contributed by atoms with Crippen molar-refractivity contribution in [2.75, 3.05) is 6.61 Å². The molecule has 0 saturated heterocycles. The van der Waals surface area contributed by atoms with Crippen molar-refractivity contribution in [3.63, 3.8) is 0 Å². The van der Waals surface area contributed by atoms with E-state index in [2.05, 4.69) is 87.7 Å². The van der Waals surface area contributed by atoms with Gasteiger partial charge in [-0.3, -0.25) is 16.5 Å². The number of hydrazine groups is 1. The van der Waals surface area contributed by atoms with E-state index in [1.165, 1.54) is 12.4 Å². The summed E-state index contributed by atoms with van der Waals surface area (Å²) in [5, 5.41) is 16.1. The molecule has 0 aliphatic rings. The van der Waals surface area contributed by atoms with Crippen LogP contribution in [-0.2, 0) is 103 Å². The molecule has 0 aliphatic carbocycles. The number of hydrazone groups is 2. The van der Waals surface area contributed by atoms with Crippen molar-refractivity contribution in [3.05, 3.63) is 72.2 Å². The zero-order valence-corrected chi connectivity index (χ0v) is 41.8. The fraction of sp³-hybridized carbons (Fsp3) is 0.269. The van der Waals surface area contributed by atoms with Gasteiger partial charge in [0, 0.05) is 122 Å². The molecule has 10 nitrogen and oxygen atoms in total. The number of nitrogens with zero attached hydrogens (tertiary/aromatic N) is 2. The second-order valence-electron chi connectivity index (χ2n) is 5.68. The standard InChI is InChI=1S/C9H8N2O.C9H6O2.C2H6N2.C2H6O.2C2H6.3HI.H4N2.V.3Y/c10-11-6-8-5-7-3-1-2-4-9(7)12-8;10-6-8-5-7-3-1-2-4-9(7)11-8;1-2-4-3;1-2-3;2*1-2;;;;1-2;;;;/h1-6H,10H2;1-6H;2H,3H2,1H3;3H,2H2,1H3;2*1-2H3;3*1H;1-2H2;;;;/q;;;;;;;;;;+3;;;/p-3/b11-6+;;;;;;;;;;;;;. The molecule has 4 rings (SSSR count). The van der Waals surface area contributed by atoms with Gasteiger partial charge in [-0.15, -0.1) is 0 Å². The van der Waals surface area contributed by atoms with Gasteiger partial charge in [0.25, 0.3) is 0 Å². The van der Waals surface area contributed by atoms with Gasteiger partial charge < -0.3 is 25.6 Å². The molecule has 0 saturated carbocycles. The molecule has 0 bridgehead atoms. The number of para-hydroxylation sites is 2. The Labute approximate surface area is 369 Å². The Morgan fingerprint density at radius 2 is 1.09 bits per heavy atom. The summed E-state index contributed by atoms with van der Waals surface area (Å²) in [6, 6.07) is 18.9. The number of aldehydes is 1. The van der Waals surface area contributed by atoms with Gasteiger partial charge in [0.15, 0.2) is 12.0 Å². The number of carbonyl (C=O) groups is 1. The fourth-order valence-corrected chi connectivity index (χ4v) is 2.20. The fourth-order valence-electron chi connectivity index (χ4n) is 2.20. The van der Waals surface area contributed by atoms with Crippen LogP contribution in [0.25, 0.3) is 21.9 Å². The Morgan fingerprint density at radius 1 is 0.791 bits per heavy atom. The first-order valence-corrected chi connectivity index (χ1v) is 25.4. The third-order valence-electron chi connectivity index (χ3n) is 3.36. The molecule has 17 heteroatoms. The van der Waals surface area contributed by atoms with Crippen LogP contribution in [0, 0.1) is 0 Å². The summed E-state index contributed by atoms with van der Waals surface area (Å²) in [6.07, 6.45) is 3.72. The first-order chi connectivity index (χ1) is 19.4. The number of furan rings is 2. The summed E-state index contributed by atoms with van der Waals surface area (Å²) < 4.78 is 10.5. The van der Waals surface area contributed by atoms with Crippen molar-refractivity contribution < 1.29 is 122 Å². The van der Waals surface area contributed by atoms with Crippen LogP contribution >= 0.6 is 59.9 Å². The quantitative estimate of drug-likeness (QED) is 0.0450. The van der Waals surface area contributed by atoms with Gasteiger partial charge in [-0.2, -0.15) is 10.2 Å². The minimum atomic E-state index is -0.278. The minimum absolute atomic E-state index is 0. The molecule has 0 amide bonds. The molecule has 2 aromatic heterocycles. The second-order valence-corrected chi connectivity index (χ2v) is 41.1. The van der Waals surface area contributed by atoms with E-state index in [0.717, 1.165) is 21.9 Å². The Kier molecular flexibility index (Phi) is 68.1. The van der Waals surface area contributed by atoms with Crippen molar-refractivity contribution >= 4 is 101 Å². The third kappa shape index (κ3) is 36.8. The number of aliphatic hydroxyl groups is 1. The van der Waals surface area contributed by atoms with Crippen LogP contribution in [0.15, 0.2) is 79.7 Å². The number of nitrogens with two attached hydrogens (primary N) is 4. The molecule has 0 spiro atoms. The number of hydrogen-bond donors (Lipinski definition) is 5. The van der Waals surface area contributed by atoms with Gasteiger partial charge in [-0.1, -0.05) is 64.1 Å². The predicted molar refractivity (Wildman–Crippen MR) is 194 cm³/mol. The van der Waals surface area contributed by atoms with E-state index in [4.69, 9.17) is 19.8 Å². The maximum absolute atomic E-state index is 10.3. The van der Waals surface area contributed by atoms with Crippen LogP contribution in [0.4, 0.5) is 0 Å². The Balaban J connectivity index is -0.0000000771. The smallest absolute Gasteiger partial charge is 0 e. The van der Waals surface area contributed by atoms with Crippen molar-refractivity contribution in [3.8, 4) is 0 Å². The van der Waals surface area contributed by atoms with E-state index >= 15 is 0 Å². The minimum Gasteiger partial charge on any atom is 0 e. The van der Waals surface area contributed by atoms with Crippen LogP contribution in [-0.4, -0.2) is 30.4 Å². The summed E-state index contributed by atoms with van der Waals surface area (Å²) >= 11 is 7.39. The number of hydrogen-bond acceptors (Lipinski definition) is 10. The van der Waals surface area contributed by atoms with Gasteiger partial charge in [-0.25, -0.2) is 0 Å². The first kappa shape index (κ1) is 60.4. The van der Waals surface area contributed by atoms with Gasteiger partial charge in [-0.05, 0) is 38.1 Å². The molecule has 4 aromatic rings. The average molecular weight is 1200 g/mol. The van der Waals surface area contributed by atoms with Gasteiger partial charge in [0.05, 0.1) is 6.21 Å². The van der Waals surface area contributed by atoms with E-state index in [0.29, 0.717) is 17.8 Å². The third-order valence-corrected chi connectivity index (χ3v) is 3.36. The molecule has 2 aromatic carbocycles. The molecule has 0 unspecified atom stereocenters. The molecule has 9 N–H and O–H groups in total. The van der Waals surface area contributed by atoms with Crippen molar-refractivity contribution in [1.29, 1.82) is 0 Å². The zero-order chi connectivity index (χ0) is 31.8. The second kappa shape index (κ2) is 48.5. The maximum atomic E-state index is 10.3. The molecule has 3 radical (unpaired) electrons. The maximum Gasteiger partial charge on any atom is 0 e. The number of rotatable bonds is 2. The van der Waals surface area contributed by atoms with Gasteiger partial charge in [0.1, 0.15) is 16.9 Å². The summed E-state index contributed by atoms with van der Waals surface area (Å²) in [5.41, 5.74) is 1.61. The van der Waals surface area contributed by atoms with Crippen LogP contribution in [0.5, 0.6) is 0 Å². The number of halogens is 3. The SMILES string of the molecule is CC.CC.CC=NN.CCO.N/N=C/c1cc2ccccc2o1.NN.O=Cc1cc2ccccc2o1.[I][V]([I])[I].[Y].[Y].[Y]. The van der Waals surface area contributed by atoms with Crippen LogP contribution in [0.3, 0.4) is 0 Å². The molecule has 0 aliphatic heterocycles. The molecular formula is C26H42I3N6O4VY3. The van der Waals surface area contributed by atoms with Gasteiger partial charge in [0.2, 0.25) is 0 Å². The number of aliphatic hydroxyl groups excluding tert-OH is 1. The van der Waals surface area contributed by atoms with E-state index < -0.39 is 0 Å². The van der Waals surface area contributed by atoms with Crippen molar-refractivity contribution in [2.45, 2.75) is 41.5 Å². The predicted octanol–water partition coefficient (Wildman–Crippen LogP) is 7.44. The van der Waals surface area contributed by atoms with Crippen LogP contribution < -0.4 is 23.4 Å². The molecule has 235 valence electrons. The topological polar surface area (TPSA) is 192 Å². The Hall–Kier alpha value is 2.10. The number of benzene rings is 2. The normalized spacial score (nSPS) is 8.30. The monoisotopic (exact) mass is 1200 g/mol. The average Bonchev–Trinajstić information content (AvgIpc) is 3.60. The summed E-state index contributed by atoms with van der Waals surface area (Å²) in [7, 11) is 0. The van der Waals surface area contributed by atoms with E-state index in [-0.39, 0.29) is 110 Å². The van der Waals surface area contributed by atoms with E-state index in [1.54, 1.807) is 19.9 Å². The van der Waals surface area contributed by atoms with Crippen LogP contribution in [0.2, 0.25) is 0 Å². The molecule has 2 heterocycles. The summed E-state index contributed by atoms with van der Waals surface area (Å²) in [5.74, 6) is 18.6. The van der Waals surface area contributed by atoms with Crippen molar-refractivity contribution in [1.82, 2.24) is 0 Å². The van der Waals surface area contributed by atoms with Gasteiger partial charge >= 0.3 is 64.9 Å².